The van der Waals surface area contributed by atoms with Crippen molar-refractivity contribution < 1.29 is 8.78 Å². The first kappa shape index (κ1) is 13.0. The zero-order valence-electron chi connectivity index (χ0n) is 10.2. The molecule has 3 heteroatoms. The lowest BCUT2D eigenvalue weighted by Gasteiger charge is -2.14. The molecule has 0 aromatic heterocycles. The van der Waals surface area contributed by atoms with Crippen LogP contribution in [0.2, 0.25) is 0 Å². The van der Waals surface area contributed by atoms with Gasteiger partial charge in [0.2, 0.25) is 0 Å². The van der Waals surface area contributed by atoms with E-state index in [1.165, 1.54) is 12.1 Å². The Labute approximate surface area is 110 Å². The summed E-state index contributed by atoms with van der Waals surface area (Å²) in [7, 11) is 0. The second kappa shape index (κ2) is 5.07. The van der Waals surface area contributed by atoms with Gasteiger partial charge in [0.05, 0.1) is 5.38 Å². The van der Waals surface area contributed by atoms with Crippen LogP contribution in [0.3, 0.4) is 0 Å². The van der Waals surface area contributed by atoms with Crippen molar-refractivity contribution in [2.45, 2.75) is 19.2 Å². The summed E-state index contributed by atoms with van der Waals surface area (Å²) in [6, 6.07) is 9.27. The van der Waals surface area contributed by atoms with Crippen LogP contribution in [0.4, 0.5) is 8.78 Å². The Balaban J connectivity index is 2.44. The topological polar surface area (TPSA) is 0 Å². The number of halogens is 3. The third-order valence-electron chi connectivity index (χ3n) is 2.93. The number of aryl methyl sites for hydroxylation is 2. The second-order valence-corrected chi connectivity index (χ2v) is 4.82. The smallest absolute Gasteiger partial charge is 0.131 e. The molecule has 0 aliphatic carbocycles. The van der Waals surface area contributed by atoms with Gasteiger partial charge in [0.15, 0.2) is 0 Å². The lowest BCUT2D eigenvalue weighted by molar-refractivity contribution is 0.573. The van der Waals surface area contributed by atoms with Crippen molar-refractivity contribution in [1.29, 1.82) is 0 Å². The minimum absolute atomic E-state index is 0.296. The minimum Gasteiger partial charge on any atom is -0.207 e. The largest absolute Gasteiger partial charge is 0.207 e. The molecule has 0 fully saturated rings. The van der Waals surface area contributed by atoms with Crippen LogP contribution in [-0.4, -0.2) is 0 Å². The summed E-state index contributed by atoms with van der Waals surface area (Å²) < 4.78 is 26.5. The van der Waals surface area contributed by atoms with Gasteiger partial charge in [-0.2, -0.15) is 0 Å². The van der Waals surface area contributed by atoms with E-state index < -0.39 is 17.0 Å². The highest BCUT2D eigenvalue weighted by atomic mass is 35.5. The van der Waals surface area contributed by atoms with E-state index in [1.807, 2.05) is 32.0 Å². The van der Waals surface area contributed by atoms with E-state index in [2.05, 4.69) is 0 Å². The lowest BCUT2D eigenvalue weighted by atomic mass is 9.98. The summed E-state index contributed by atoms with van der Waals surface area (Å²) in [6.07, 6.45) is 0. The molecule has 2 aromatic carbocycles. The van der Waals surface area contributed by atoms with Gasteiger partial charge >= 0.3 is 0 Å². The van der Waals surface area contributed by atoms with Crippen LogP contribution < -0.4 is 0 Å². The lowest BCUT2D eigenvalue weighted by Crippen LogP contribution is -2.00. The Morgan fingerprint density at radius 1 is 0.944 bits per heavy atom. The molecule has 1 unspecified atom stereocenters. The van der Waals surface area contributed by atoms with E-state index in [9.17, 15) is 8.78 Å². The SMILES string of the molecule is Cc1ccc(C(Cl)c2ccc(F)cc2F)c(C)c1. The molecule has 0 spiro atoms. The summed E-state index contributed by atoms with van der Waals surface area (Å²) in [5.41, 5.74) is 3.26. The van der Waals surface area contributed by atoms with Gasteiger partial charge in [0, 0.05) is 11.6 Å². The standard InChI is InChI=1S/C15H13ClF2/c1-9-3-5-12(10(2)7-9)15(16)13-6-4-11(17)8-14(13)18/h3-8,15H,1-2H3. The molecular formula is C15H13ClF2. The average Bonchev–Trinajstić information content (AvgIpc) is 2.28. The van der Waals surface area contributed by atoms with Gasteiger partial charge in [-0.15, -0.1) is 11.6 Å². The molecule has 0 saturated carbocycles. The Morgan fingerprint density at radius 2 is 1.61 bits per heavy atom. The van der Waals surface area contributed by atoms with Crippen molar-refractivity contribution in [3.05, 3.63) is 70.3 Å². The van der Waals surface area contributed by atoms with Gasteiger partial charge in [0.25, 0.3) is 0 Å². The molecule has 0 amide bonds. The van der Waals surface area contributed by atoms with E-state index in [1.54, 1.807) is 0 Å². The maximum absolute atomic E-state index is 13.7. The van der Waals surface area contributed by atoms with Crippen molar-refractivity contribution >= 4 is 11.6 Å². The zero-order valence-corrected chi connectivity index (χ0v) is 10.9. The van der Waals surface area contributed by atoms with Gasteiger partial charge in [-0.1, -0.05) is 29.8 Å². The fraction of sp³-hybridized carbons (Fsp3) is 0.200. The quantitative estimate of drug-likeness (QED) is 0.678. The highest BCUT2D eigenvalue weighted by Crippen LogP contribution is 2.33. The molecule has 1 atom stereocenters. The van der Waals surface area contributed by atoms with Crippen LogP contribution in [-0.2, 0) is 0 Å². The predicted octanol–water partition coefficient (Wildman–Crippen LogP) is 4.91. The van der Waals surface area contributed by atoms with Crippen molar-refractivity contribution in [3.63, 3.8) is 0 Å². The minimum atomic E-state index is -0.616. The molecule has 0 heterocycles. The van der Waals surface area contributed by atoms with Crippen LogP contribution in [0.15, 0.2) is 36.4 Å². The van der Waals surface area contributed by atoms with E-state index in [4.69, 9.17) is 11.6 Å². The average molecular weight is 267 g/mol. The highest BCUT2D eigenvalue weighted by molar-refractivity contribution is 6.22. The van der Waals surface area contributed by atoms with Crippen molar-refractivity contribution in [2.75, 3.05) is 0 Å². The maximum Gasteiger partial charge on any atom is 0.131 e. The summed E-state index contributed by atoms with van der Waals surface area (Å²) in [4.78, 5) is 0. The fourth-order valence-electron chi connectivity index (χ4n) is 1.98. The van der Waals surface area contributed by atoms with Crippen LogP contribution in [0.25, 0.3) is 0 Å². The highest BCUT2D eigenvalue weighted by Gasteiger charge is 2.17. The third kappa shape index (κ3) is 2.54. The van der Waals surface area contributed by atoms with Crippen molar-refractivity contribution in [1.82, 2.24) is 0 Å². The summed E-state index contributed by atoms with van der Waals surface area (Å²) in [5.74, 6) is -1.21. The van der Waals surface area contributed by atoms with Gasteiger partial charge < -0.3 is 0 Å². The summed E-state index contributed by atoms with van der Waals surface area (Å²) in [6.45, 7) is 3.91. The molecule has 0 radical (unpaired) electrons. The number of rotatable bonds is 2. The normalized spacial score (nSPS) is 12.5. The molecule has 0 N–H and O–H groups in total. The van der Waals surface area contributed by atoms with Gasteiger partial charge in [-0.25, -0.2) is 8.78 Å². The first-order chi connectivity index (χ1) is 8.49. The van der Waals surface area contributed by atoms with Gasteiger partial charge in [-0.05, 0) is 31.0 Å². The first-order valence-corrected chi connectivity index (χ1v) is 6.09. The second-order valence-electron chi connectivity index (χ2n) is 4.39. The van der Waals surface area contributed by atoms with E-state index >= 15 is 0 Å². The fourth-order valence-corrected chi connectivity index (χ4v) is 2.41. The molecule has 0 aliphatic heterocycles. The molecule has 0 bridgehead atoms. The van der Waals surface area contributed by atoms with Crippen LogP contribution in [0.1, 0.15) is 27.6 Å². The molecule has 18 heavy (non-hydrogen) atoms. The maximum atomic E-state index is 13.7. The van der Waals surface area contributed by atoms with Gasteiger partial charge in [-0.3, -0.25) is 0 Å². The molecule has 2 aromatic rings. The van der Waals surface area contributed by atoms with E-state index in [-0.39, 0.29) is 0 Å². The summed E-state index contributed by atoms with van der Waals surface area (Å²) in [5, 5.41) is -0.605. The Bertz CT molecular complexity index is 527. The molecule has 2 rings (SSSR count). The van der Waals surface area contributed by atoms with E-state index in [0.717, 1.165) is 22.8 Å². The number of hydrogen-bond acceptors (Lipinski definition) is 0. The zero-order chi connectivity index (χ0) is 13.3. The van der Waals surface area contributed by atoms with Crippen LogP contribution in [0, 0.1) is 25.5 Å². The van der Waals surface area contributed by atoms with E-state index in [0.29, 0.717) is 5.56 Å². The Kier molecular flexibility index (Phi) is 3.67. The van der Waals surface area contributed by atoms with Crippen molar-refractivity contribution in [2.24, 2.45) is 0 Å². The number of alkyl halides is 1. The molecular weight excluding hydrogens is 254 g/mol. The Morgan fingerprint density at radius 3 is 2.22 bits per heavy atom. The molecule has 0 nitrogen and oxygen atoms in total. The molecule has 0 aliphatic rings. The molecule has 94 valence electrons. The van der Waals surface area contributed by atoms with Crippen molar-refractivity contribution in [3.8, 4) is 0 Å². The predicted molar refractivity (Wildman–Crippen MR) is 70.0 cm³/mol. The third-order valence-corrected chi connectivity index (χ3v) is 3.40. The van der Waals surface area contributed by atoms with Crippen LogP contribution in [0.5, 0.6) is 0 Å². The van der Waals surface area contributed by atoms with Gasteiger partial charge in [0.1, 0.15) is 11.6 Å². The number of benzene rings is 2. The Hall–Kier alpha value is -1.41. The van der Waals surface area contributed by atoms with Crippen LogP contribution >= 0.6 is 11.6 Å². The number of hydrogen-bond donors (Lipinski definition) is 0. The monoisotopic (exact) mass is 266 g/mol. The summed E-state index contributed by atoms with van der Waals surface area (Å²) >= 11 is 6.28. The first-order valence-electron chi connectivity index (χ1n) is 5.65. The molecule has 0 saturated heterocycles.